The van der Waals surface area contributed by atoms with Crippen molar-refractivity contribution in [1.82, 2.24) is 5.32 Å². The summed E-state index contributed by atoms with van der Waals surface area (Å²) in [5, 5.41) is 11.2. The van der Waals surface area contributed by atoms with E-state index in [0.29, 0.717) is 0 Å². The number of aliphatic carboxylic acids is 1. The van der Waals surface area contributed by atoms with Crippen molar-refractivity contribution in [1.29, 1.82) is 0 Å². The van der Waals surface area contributed by atoms with Crippen molar-refractivity contribution in [2.75, 3.05) is 5.75 Å². The molecule has 6 heteroatoms. The Balaban J connectivity index is 4.53. The number of amides is 2. The zero-order valence-electron chi connectivity index (χ0n) is 9.46. The summed E-state index contributed by atoms with van der Waals surface area (Å²) >= 11 is 1.46. The van der Waals surface area contributed by atoms with Crippen molar-refractivity contribution in [3.8, 4) is 0 Å². The van der Waals surface area contributed by atoms with Crippen LogP contribution in [-0.4, -0.2) is 33.1 Å². The van der Waals surface area contributed by atoms with Crippen LogP contribution in [0.15, 0.2) is 0 Å². The number of carbonyl (C=O) groups excluding carboxylic acids is 1. The third-order valence-electron chi connectivity index (χ3n) is 1.66. The minimum atomic E-state index is -1.32. The van der Waals surface area contributed by atoms with Crippen molar-refractivity contribution in [2.45, 2.75) is 38.0 Å². The van der Waals surface area contributed by atoms with Crippen LogP contribution in [0.1, 0.15) is 27.7 Å². The van der Waals surface area contributed by atoms with E-state index in [-0.39, 0.29) is 10.5 Å². The lowest BCUT2D eigenvalue weighted by Crippen LogP contribution is -2.56. The molecule has 4 N–H and O–H groups in total. The molecule has 5 nitrogen and oxygen atoms in total. The molecule has 0 aromatic rings. The van der Waals surface area contributed by atoms with E-state index in [1.54, 1.807) is 0 Å². The molecule has 0 aliphatic carbocycles. The molecule has 0 aromatic heterocycles. The van der Waals surface area contributed by atoms with Crippen LogP contribution in [0, 0.1) is 0 Å². The lowest BCUT2D eigenvalue weighted by molar-refractivity contribution is -0.142. The molecule has 0 fully saturated rings. The lowest BCUT2D eigenvalue weighted by Gasteiger charge is -2.28. The van der Waals surface area contributed by atoms with Crippen molar-refractivity contribution < 1.29 is 14.7 Å². The Labute approximate surface area is 93.8 Å². The van der Waals surface area contributed by atoms with Crippen molar-refractivity contribution in [3.63, 3.8) is 0 Å². The van der Waals surface area contributed by atoms with Gasteiger partial charge in [0.25, 0.3) is 0 Å². The topological polar surface area (TPSA) is 92.4 Å². The maximum Gasteiger partial charge on any atom is 0.330 e. The second kappa shape index (κ2) is 4.74. The van der Waals surface area contributed by atoms with Gasteiger partial charge in [-0.2, -0.15) is 11.8 Å². The van der Waals surface area contributed by atoms with Crippen LogP contribution in [0.5, 0.6) is 0 Å². The molecular formula is C9H18N2O3S. The second-order valence-electron chi connectivity index (χ2n) is 4.53. The summed E-state index contributed by atoms with van der Waals surface area (Å²) in [5.41, 5.74) is 3.62. The van der Waals surface area contributed by atoms with Crippen LogP contribution in [0.3, 0.4) is 0 Å². The Kier molecular flexibility index (Phi) is 4.45. The molecule has 2 amide bonds. The number of carboxylic acids is 1. The molecule has 88 valence electrons. The highest BCUT2D eigenvalue weighted by Gasteiger charge is 2.35. The van der Waals surface area contributed by atoms with Gasteiger partial charge in [-0.3, -0.25) is 0 Å². The Bertz CT molecular complexity index is 263. The van der Waals surface area contributed by atoms with E-state index in [2.05, 4.69) is 5.32 Å². The summed E-state index contributed by atoms with van der Waals surface area (Å²) in [5.74, 6) is -0.813. The van der Waals surface area contributed by atoms with Crippen molar-refractivity contribution in [2.24, 2.45) is 5.73 Å². The summed E-state index contributed by atoms with van der Waals surface area (Å²) < 4.78 is -0.0595. The van der Waals surface area contributed by atoms with Crippen LogP contribution >= 0.6 is 11.8 Å². The molecule has 0 unspecified atom stereocenters. The molecule has 0 aliphatic rings. The maximum absolute atomic E-state index is 11.0. The van der Waals surface area contributed by atoms with Gasteiger partial charge in [0.15, 0.2) is 0 Å². The van der Waals surface area contributed by atoms with Gasteiger partial charge in [0.05, 0.1) is 0 Å². The maximum atomic E-state index is 11.0. The van der Waals surface area contributed by atoms with Crippen LogP contribution in [-0.2, 0) is 4.79 Å². The molecule has 0 aliphatic heterocycles. The number of thioether (sulfide) groups is 1. The summed E-state index contributed by atoms with van der Waals surface area (Å²) in [4.78, 5) is 21.7. The second-order valence-corrected chi connectivity index (χ2v) is 6.33. The van der Waals surface area contributed by atoms with E-state index >= 15 is 0 Å². The van der Waals surface area contributed by atoms with E-state index in [4.69, 9.17) is 10.8 Å². The smallest absolute Gasteiger partial charge is 0.330 e. The Morgan fingerprint density at radius 3 is 2.07 bits per heavy atom. The molecule has 15 heavy (non-hydrogen) atoms. The number of carbonyl (C=O) groups is 2. The minimum Gasteiger partial charge on any atom is -0.479 e. The van der Waals surface area contributed by atoms with Gasteiger partial charge in [0.2, 0.25) is 0 Å². The van der Waals surface area contributed by atoms with Crippen molar-refractivity contribution in [3.05, 3.63) is 0 Å². The van der Waals surface area contributed by atoms with Crippen molar-refractivity contribution >= 4 is 23.8 Å². The highest BCUT2D eigenvalue weighted by Crippen LogP contribution is 2.27. The molecule has 1 atom stereocenters. The van der Waals surface area contributed by atoms with Gasteiger partial charge in [0.1, 0.15) is 5.54 Å². The summed E-state index contributed by atoms with van der Waals surface area (Å²) in [7, 11) is 0. The molecule has 0 rings (SSSR count). The fraction of sp³-hybridized carbons (Fsp3) is 0.778. The molecule has 0 radical (unpaired) electrons. The van der Waals surface area contributed by atoms with E-state index in [1.165, 1.54) is 18.7 Å². The lowest BCUT2D eigenvalue weighted by atomic mass is 10.1. The molecule has 0 heterocycles. The molecular weight excluding hydrogens is 216 g/mol. The van der Waals surface area contributed by atoms with Crippen LogP contribution in [0.25, 0.3) is 0 Å². The summed E-state index contributed by atoms with van der Waals surface area (Å²) in [6.07, 6.45) is 0. The first kappa shape index (κ1) is 14.1. The summed E-state index contributed by atoms with van der Waals surface area (Å²) in [6.45, 7) is 7.37. The number of hydrogen-bond donors (Lipinski definition) is 3. The molecule has 0 saturated carbocycles. The number of nitrogens with one attached hydrogen (secondary N) is 1. The summed E-state index contributed by atoms with van der Waals surface area (Å²) in [6, 6.07) is -0.825. The first-order valence-electron chi connectivity index (χ1n) is 4.52. The average Bonchev–Trinajstić information content (AvgIpc) is 1.98. The predicted octanol–water partition coefficient (Wildman–Crippen LogP) is 1.03. The van der Waals surface area contributed by atoms with Gasteiger partial charge in [-0.05, 0) is 6.92 Å². The first-order valence-corrected chi connectivity index (χ1v) is 5.50. The molecule has 0 aromatic carbocycles. The average molecular weight is 234 g/mol. The Hall–Kier alpha value is -0.910. The third-order valence-corrected chi connectivity index (χ3v) is 3.25. The Morgan fingerprint density at radius 2 is 1.80 bits per heavy atom. The van der Waals surface area contributed by atoms with E-state index < -0.39 is 17.5 Å². The Morgan fingerprint density at radius 1 is 1.33 bits per heavy atom. The van der Waals surface area contributed by atoms with Gasteiger partial charge in [0, 0.05) is 10.5 Å². The van der Waals surface area contributed by atoms with Gasteiger partial charge in [-0.15, -0.1) is 0 Å². The third kappa shape index (κ3) is 5.51. The van der Waals surface area contributed by atoms with Gasteiger partial charge >= 0.3 is 12.0 Å². The number of primary amides is 1. The van der Waals surface area contributed by atoms with Crippen LogP contribution < -0.4 is 11.1 Å². The fourth-order valence-corrected chi connectivity index (χ4v) is 1.70. The zero-order chi connectivity index (χ0) is 12.3. The van der Waals surface area contributed by atoms with E-state index in [9.17, 15) is 9.59 Å². The number of rotatable bonds is 4. The number of nitrogens with two attached hydrogens (primary N) is 1. The number of urea groups is 1. The number of hydrogen-bond acceptors (Lipinski definition) is 3. The first-order chi connectivity index (χ1) is 6.57. The standard InChI is InChI=1S/C9H18N2O3S/c1-8(2,3)15-5-9(4,6(12)13)11-7(10)14/h5H2,1-4H3,(H,12,13)(H3,10,11,14)/t9-/m1/s1. The highest BCUT2D eigenvalue weighted by atomic mass is 32.2. The monoisotopic (exact) mass is 234 g/mol. The molecule has 0 saturated heterocycles. The van der Waals surface area contributed by atoms with Gasteiger partial charge in [-0.25, -0.2) is 9.59 Å². The quantitative estimate of drug-likeness (QED) is 0.677. The largest absolute Gasteiger partial charge is 0.479 e. The van der Waals surface area contributed by atoms with Crippen LogP contribution in [0.2, 0.25) is 0 Å². The minimum absolute atomic E-state index is 0.0595. The van der Waals surface area contributed by atoms with E-state index in [0.717, 1.165) is 0 Å². The molecule has 0 spiro atoms. The zero-order valence-corrected chi connectivity index (χ0v) is 10.3. The van der Waals surface area contributed by atoms with E-state index in [1.807, 2.05) is 20.8 Å². The SMILES string of the molecule is CC(C)(C)SC[C@@](C)(NC(N)=O)C(=O)O. The predicted molar refractivity (Wildman–Crippen MR) is 61.0 cm³/mol. The molecule has 0 bridgehead atoms. The fourth-order valence-electron chi connectivity index (χ4n) is 0.784. The van der Waals surface area contributed by atoms with Crippen LogP contribution in [0.4, 0.5) is 4.79 Å². The highest BCUT2D eigenvalue weighted by molar-refractivity contribution is 8.00. The number of carboxylic acid groups (broad SMARTS) is 1. The van der Waals surface area contributed by atoms with Gasteiger partial charge in [-0.1, -0.05) is 20.8 Å². The van der Waals surface area contributed by atoms with Gasteiger partial charge < -0.3 is 16.2 Å². The normalized spacial score (nSPS) is 15.5.